The SMILES string of the molecule is CCCCCCCCCCCCC(CCCCCCCCCC)CN1C(=O)C2=C(c3ccc(-c4ccc(-c5ccc(-c6cccs6)c(F)c5)s4)s3)N(CC(CCCCCCCCCC)CCCCCCCCCCCC)C(=O)C2=C1c1cccs1. The summed E-state index contributed by atoms with van der Waals surface area (Å²) in [5, 5.41) is 4.11. The second-order valence-corrected chi connectivity index (χ2v) is 29.5. The number of hydrogen-bond donors (Lipinski definition) is 0. The molecule has 9 heteroatoms. The van der Waals surface area contributed by atoms with E-state index in [1.807, 2.05) is 29.6 Å². The first-order chi connectivity index (χ1) is 41.9. The highest BCUT2D eigenvalue weighted by molar-refractivity contribution is 7.24. The van der Waals surface area contributed by atoms with Crippen LogP contribution >= 0.6 is 45.3 Å². The van der Waals surface area contributed by atoms with Crippen LogP contribution in [-0.2, 0) is 9.59 Å². The van der Waals surface area contributed by atoms with E-state index in [9.17, 15) is 0 Å². The normalized spacial score (nSPS) is 14.3. The van der Waals surface area contributed by atoms with Gasteiger partial charge in [-0.2, -0.15) is 0 Å². The standard InChI is InChI=1S/C76H111FN2O2S4/c1-5-9-13-17-21-25-27-31-35-39-44-60(43-37-33-29-23-19-15-11-7-3)58-78-73(69-48-42-56-83-69)71-72(76(78)81)74(70-54-53-68(85-70)67-52-51-65(84-67)62-49-50-63(64(77)57-62)66-47-41-55-82-66)79(75(71)80)59-61(45-38-34-30-24-20-16-12-8-4)46-40-36-32-28-26-22-18-14-10-6-2/h41-42,47-57,60-61H,5-40,43-46,58-59H2,1-4H3. The summed E-state index contributed by atoms with van der Waals surface area (Å²) in [4.78, 5) is 42.2. The monoisotopic (exact) mass is 1230 g/mol. The molecule has 468 valence electrons. The molecule has 0 saturated heterocycles. The highest BCUT2D eigenvalue weighted by Crippen LogP contribution is 2.51. The number of thiophene rings is 4. The molecule has 7 rings (SSSR count). The summed E-state index contributed by atoms with van der Waals surface area (Å²) in [6.45, 7) is 10.5. The second kappa shape index (κ2) is 40.1. The van der Waals surface area contributed by atoms with Crippen molar-refractivity contribution in [3.05, 3.63) is 104 Å². The maximum absolute atomic E-state index is 15.9. The van der Waals surface area contributed by atoms with Crippen LogP contribution in [0.3, 0.4) is 0 Å². The molecule has 2 amide bonds. The van der Waals surface area contributed by atoms with Gasteiger partial charge in [-0.25, -0.2) is 4.39 Å². The van der Waals surface area contributed by atoms with Gasteiger partial charge in [-0.15, -0.1) is 45.3 Å². The Balaban J connectivity index is 1.17. The average Bonchev–Trinajstić information content (AvgIpc) is 1.61. The van der Waals surface area contributed by atoms with Crippen LogP contribution in [0, 0.1) is 17.7 Å². The van der Waals surface area contributed by atoms with Crippen LogP contribution in [0.2, 0.25) is 0 Å². The fourth-order valence-electron chi connectivity index (χ4n) is 13.3. The molecule has 0 spiro atoms. The Morgan fingerprint density at radius 1 is 0.365 bits per heavy atom. The molecule has 0 saturated carbocycles. The highest BCUT2D eigenvalue weighted by Gasteiger charge is 2.50. The average molecular weight is 1230 g/mol. The van der Waals surface area contributed by atoms with Crippen molar-refractivity contribution in [2.75, 3.05) is 13.1 Å². The summed E-state index contributed by atoms with van der Waals surface area (Å²) in [5.41, 5.74) is 4.46. The molecule has 1 aromatic carbocycles. The van der Waals surface area contributed by atoms with E-state index in [0.29, 0.717) is 41.6 Å². The molecule has 0 aliphatic carbocycles. The van der Waals surface area contributed by atoms with Crippen molar-refractivity contribution in [2.24, 2.45) is 11.8 Å². The molecular weight excluding hydrogens is 1120 g/mol. The number of halogens is 1. The molecule has 4 aromatic heterocycles. The van der Waals surface area contributed by atoms with E-state index in [1.165, 1.54) is 231 Å². The zero-order valence-electron chi connectivity index (χ0n) is 53.6. The predicted octanol–water partition coefficient (Wildman–Crippen LogP) is 25.8. The summed E-state index contributed by atoms with van der Waals surface area (Å²) in [6.07, 6.45) is 51.4. The van der Waals surface area contributed by atoms with E-state index in [0.717, 1.165) is 71.9 Å². The first kappa shape index (κ1) is 68.9. The Bertz CT molecular complexity index is 2690. The zero-order chi connectivity index (χ0) is 59.7. The van der Waals surface area contributed by atoms with Gasteiger partial charge in [-0.1, -0.05) is 277 Å². The predicted molar refractivity (Wildman–Crippen MR) is 372 cm³/mol. The maximum Gasteiger partial charge on any atom is 0.261 e. The summed E-state index contributed by atoms with van der Waals surface area (Å²) in [5.74, 6) is 0.558. The number of amides is 2. The van der Waals surface area contributed by atoms with Gasteiger partial charge in [0.05, 0.1) is 32.3 Å². The third-order valence-corrected chi connectivity index (χ3v) is 22.6. The topological polar surface area (TPSA) is 40.6 Å². The quantitative estimate of drug-likeness (QED) is 0.0364. The number of rotatable bonds is 49. The van der Waals surface area contributed by atoms with Gasteiger partial charge in [0.25, 0.3) is 11.8 Å². The van der Waals surface area contributed by atoms with Crippen molar-refractivity contribution in [1.82, 2.24) is 9.80 Å². The molecule has 0 bridgehead atoms. The Hall–Kier alpha value is -3.63. The summed E-state index contributed by atoms with van der Waals surface area (Å²) in [7, 11) is 0. The molecule has 0 fully saturated rings. The van der Waals surface area contributed by atoms with E-state index in [-0.39, 0.29) is 17.6 Å². The van der Waals surface area contributed by atoms with Crippen molar-refractivity contribution < 1.29 is 14.0 Å². The Morgan fingerprint density at radius 3 is 1.06 bits per heavy atom. The Kier molecular flexibility index (Phi) is 32.5. The summed E-state index contributed by atoms with van der Waals surface area (Å²) in [6, 6.07) is 22.5. The Labute approximate surface area is 533 Å². The molecule has 4 nitrogen and oxygen atoms in total. The highest BCUT2D eigenvalue weighted by atomic mass is 32.1. The van der Waals surface area contributed by atoms with Gasteiger partial charge in [-0.3, -0.25) is 9.59 Å². The lowest BCUT2D eigenvalue weighted by atomic mass is 9.93. The van der Waals surface area contributed by atoms with Crippen LogP contribution in [0.5, 0.6) is 0 Å². The number of fused-ring (bicyclic) bond motifs is 1. The third-order valence-electron chi connectivity index (χ3n) is 18.4. The first-order valence-corrected chi connectivity index (χ1v) is 38.5. The summed E-state index contributed by atoms with van der Waals surface area (Å²) < 4.78 is 15.7. The largest absolute Gasteiger partial charge is 0.306 e. The van der Waals surface area contributed by atoms with Crippen molar-refractivity contribution in [1.29, 1.82) is 0 Å². The van der Waals surface area contributed by atoms with Gasteiger partial charge in [-0.05, 0) is 102 Å². The molecule has 85 heavy (non-hydrogen) atoms. The van der Waals surface area contributed by atoms with Crippen LogP contribution in [-0.4, -0.2) is 34.7 Å². The minimum atomic E-state index is -0.207. The van der Waals surface area contributed by atoms with E-state index in [1.54, 1.807) is 51.4 Å². The van der Waals surface area contributed by atoms with Gasteiger partial charge >= 0.3 is 0 Å². The van der Waals surface area contributed by atoms with E-state index in [2.05, 4.69) is 79.3 Å². The minimum Gasteiger partial charge on any atom is -0.306 e. The van der Waals surface area contributed by atoms with E-state index in [4.69, 9.17) is 0 Å². The van der Waals surface area contributed by atoms with Crippen LogP contribution in [0.15, 0.2) is 88.6 Å². The second-order valence-electron chi connectivity index (χ2n) is 25.5. The molecule has 5 aromatic rings. The lowest BCUT2D eigenvalue weighted by Gasteiger charge is -2.29. The van der Waals surface area contributed by atoms with Crippen molar-refractivity contribution >= 4 is 68.6 Å². The van der Waals surface area contributed by atoms with Crippen molar-refractivity contribution in [2.45, 2.75) is 285 Å². The molecule has 2 aliphatic heterocycles. The van der Waals surface area contributed by atoms with Crippen molar-refractivity contribution in [3.8, 4) is 30.6 Å². The van der Waals surface area contributed by atoms with Gasteiger partial charge in [0, 0.05) is 38.2 Å². The molecule has 0 radical (unpaired) electrons. The first-order valence-electron chi connectivity index (χ1n) is 35.1. The Morgan fingerprint density at radius 2 is 0.694 bits per heavy atom. The molecule has 2 aliphatic rings. The fraction of sp³-hybridized carbons (Fsp3) is 0.632. The van der Waals surface area contributed by atoms with Gasteiger partial charge in [0.15, 0.2) is 0 Å². The molecule has 2 atom stereocenters. The number of unbranched alkanes of at least 4 members (excludes halogenated alkanes) is 32. The number of nitrogens with zero attached hydrogens (tertiary/aromatic N) is 2. The molecule has 6 heterocycles. The van der Waals surface area contributed by atoms with E-state index >= 15 is 14.0 Å². The zero-order valence-corrected chi connectivity index (χ0v) is 56.8. The van der Waals surface area contributed by atoms with Crippen LogP contribution in [0.1, 0.15) is 294 Å². The smallest absolute Gasteiger partial charge is 0.261 e. The number of hydrogen-bond acceptors (Lipinski definition) is 6. The van der Waals surface area contributed by atoms with Gasteiger partial charge in [0.1, 0.15) is 5.82 Å². The number of benzene rings is 1. The van der Waals surface area contributed by atoms with Crippen LogP contribution in [0.4, 0.5) is 4.39 Å². The van der Waals surface area contributed by atoms with E-state index < -0.39 is 0 Å². The molecule has 2 unspecified atom stereocenters. The van der Waals surface area contributed by atoms with Gasteiger partial charge in [0.2, 0.25) is 0 Å². The number of carbonyl (C=O) groups excluding carboxylic acids is 2. The lowest BCUT2D eigenvalue weighted by Crippen LogP contribution is -2.34. The van der Waals surface area contributed by atoms with Crippen LogP contribution < -0.4 is 0 Å². The van der Waals surface area contributed by atoms with Crippen LogP contribution in [0.25, 0.3) is 42.0 Å². The minimum absolute atomic E-state index is 0.0175. The van der Waals surface area contributed by atoms with Crippen molar-refractivity contribution in [3.63, 3.8) is 0 Å². The number of carbonyl (C=O) groups is 2. The molecule has 0 N–H and O–H groups in total. The summed E-state index contributed by atoms with van der Waals surface area (Å²) >= 11 is 6.60. The van der Waals surface area contributed by atoms with Gasteiger partial charge < -0.3 is 9.80 Å². The third kappa shape index (κ3) is 22.1. The maximum atomic E-state index is 15.9. The fourth-order valence-corrected chi connectivity index (χ4v) is 17.0. The lowest BCUT2D eigenvalue weighted by molar-refractivity contribution is -0.124. The molecular formula is C76H111FN2O2S4.